The summed E-state index contributed by atoms with van der Waals surface area (Å²) in [4.78, 5) is 15.2. The van der Waals surface area contributed by atoms with Crippen LogP contribution in [0.4, 0.5) is 0 Å². The van der Waals surface area contributed by atoms with Crippen molar-refractivity contribution in [1.29, 1.82) is 0 Å². The molecule has 0 aromatic heterocycles. The van der Waals surface area contributed by atoms with Gasteiger partial charge in [-0.2, -0.15) is 0 Å². The molecule has 2 aliphatic rings. The summed E-state index contributed by atoms with van der Waals surface area (Å²) in [5.41, 5.74) is -0.324. The summed E-state index contributed by atoms with van der Waals surface area (Å²) in [6, 6.07) is 10.4. The molecule has 3 nitrogen and oxygen atoms in total. The van der Waals surface area contributed by atoms with Gasteiger partial charge in [0.25, 0.3) is 0 Å². The molecule has 0 spiro atoms. The monoisotopic (exact) mass is 301 g/mol. The third-order valence-electron chi connectivity index (χ3n) is 5.07. The molecule has 1 unspecified atom stereocenters. The molecule has 22 heavy (non-hydrogen) atoms. The van der Waals surface area contributed by atoms with E-state index < -0.39 is 0 Å². The highest BCUT2D eigenvalue weighted by atomic mass is 16.5. The molecule has 0 amide bonds. The van der Waals surface area contributed by atoms with Crippen molar-refractivity contribution in [1.82, 2.24) is 4.90 Å². The van der Waals surface area contributed by atoms with E-state index in [1.54, 1.807) is 0 Å². The number of carbonyl (C=O) groups is 1. The molecule has 1 heterocycles. The van der Waals surface area contributed by atoms with E-state index in [0.29, 0.717) is 6.04 Å². The van der Waals surface area contributed by atoms with Gasteiger partial charge < -0.3 is 4.74 Å². The van der Waals surface area contributed by atoms with Gasteiger partial charge in [0.15, 0.2) is 11.9 Å². The first-order valence-electron chi connectivity index (χ1n) is 8.56. The fourth-order valence-electron chi connectivity index (χ4n) is 3.86. The summed E-state index contributed by atoms with van der Waals surface area (Å²) in [7, 11) is 0. The molecule has 0 bridgehead atoms. The van der Waals surface area contributed by atoms with Gasteiger partial charge in [0, 0.05) is 24.5 Å². The zero-order valence-electron chi connectivity index (χ0n) is 13.8. The smallest absolute Gasteiger partial charge is 0.181 e. The van der Waals surface area contributed by atoms with Crippen molar-refractivity contribution in [2.24, 2.45) is 5.41 Å². The Bertz CT molecular complexity index is 505. The molecule has 1 aliphatic carbocycles. The van der Waals surface area contributed by atoms with Gasteiger partial charge in [-0.25, -0.2) is 0 Å². The Morgan fingerprint density at radius 3 is 2.45 bits per heavy atom. The average molecular weight is 301 g/mol. The van der Waals surface area contributed by atoms with E-state index in [4.69, 9.17) is 4.74 Å². The lowest BCUT2D eigenvalue weighted by molar-refractivity contribution is -0.143. The molecule has 3 heteroatoms. The lowest BCUT2D eigenvalue weighted by Crippen LogP contribution is -2.59. The number of hydrogen-bond donors (Lipinski definition) is 0. The van der Waals surface area contributed by atoms with Crippen molar-refractivity contribution < 1.29 is 9.53 Å². The standard InChI is InChI=1S/C19H27NO2/c1-19(2)14-20(15-9-5-3-6-10-15)13-17(18(19)21)22-16-11-7-4-8-12-16/h4,7-8,11-12,15,17H,3,5-6,9-10,13-14H2,1-2H3. The molecule has 1 aromatic rings. The second kappa shape index (κ2) is 6.41. The molecule has 1 atom stereocenters. The largest absolute Gasteiger partial charge is 0.481 e. The molecular weight excluding hydrogens is 274 g/mol. The van der Waals surface area contributed by atoms with Crippen LogP contribution in [-0.4, -0.2) is 35.9 Å². The third kappa shape index (κ3) is 3.35. The lowest BCUT2D eigenvalue weighted by atomic mass is 9.79. The average Bonchev–Trinajstić information content (AvgIpc) is 2.53. The van der Waals surface area contributed by atoms with Crippen LogP contribution in [0.3, 0.4) is 0 Å². The number of para-hydroxylation sites is 1. The van der Waals surface area contributed by atoms with Crippen molar-refractivity contribution in [2.75, 3.05) is 13.1 Å². The third-order valence-corrected chi connectivity index (χ3v) is 5.07. The first-order valence-corrected chi connectivity index (χ1v) is 8.56. The van der Waals surface area contributed by atoms with E-state index in [1.165, 1.54) is 32.1 Å². The van der Waals surface area contributed by atoms with Crippen molar-refractivity contribution in [3.8, 4) is 5.75 Å². The van der Waals surface area contributed by atoms with Crippen LogP contribution in [0.5, 0.6) is 5.75 Å². The zero-order chi connectivity index (χ0) is 15.6. The Morgan fingerprint density at radius 1 is 1.09 bits per heavy atom. The van der Waals surface area contributed by atoms with Crippen molar-refractivity contribution in [3.05, 3.63) is 30.3 Å². The topological polar surface area (TPSA) is 29.5 Å². The molecule has 120 valence electrons. The highest BCUT2D eigenvalue weighted by molar-refractivity contribution is 5.89. The van der Waals surface area contributed by atoms with Gasteiger partial charge in [0.1, 0.15) is 5.75 Å². The Kier molecular flexibility index (Phi) is 4.53. The summed E-state index contributed by atoms with van der Waals surface area (Å²) in [6.07, 6.45) is 6.19. The van der Waals surface area contributed by atoms with Gasteiger partial charge >= 0.3 is 0 Å². The maximum Gasteiger partial charge on any atom is 0.181 e. The lowest BCUT2D eigenvalue weighted by Gasteiger charge is -2.45. The van der Waals surface area contributed by atoms with Gasteiger partial charge in [-0.05, 0) is 25.0 Å². The first kappa shape index (κ1) is 15.5. The van der Waals surface area contributed by atoms with Gasteiger partial charge in [-0.15, -0.1) is 0 Å². The maximum atomic E-state index is 12.7. The summed E-state index contributed by atoms with van der Waals surface area (Å²) in [6.45, 7) is 5.73. The van der Waals surface area contributed by atoms with E-state index in [9.17, 15) is 4.79 Å². The number of likely N-dealkylation sites (tertiary alicyclic amines) is 1. The Morgan fingerprint density at radius 2 is 1.77 bits per heavy atom. The predicted octanol–water partition coefficient (Wildman–Crippen LogP) is 3.68. The van der Waals surface area contributed by atoms with Crippen LogP contribution in [0.25, 0.3) is 0 Å². The minimum absolute atomic E-state index is 0.239. The highest BCUT2D eigenvalue weighted by Crippen LogP contribution is 2.32. The number of carbonyl (C=O) groups excluding carboxylic acids is 1. The van der Waals surface area contributed by atoms with Crippen LogP contribution in [0.15, 0.2) is 30.3 Å². The number of ketones is 1. The number of ether oxygens (including phenoxy) is 1. The first-order chi connectivity index (χ1) is 10.6. The van der Waals surface area contributed by atoms with E-state index in [2.05, 4.69) is 18.7 Å². The van der Waals surface area contributed by atoms with E-state index in [1.807, 2.05) is 30.3 Å². The Balaban J connectivity index is 1.74. The second-order valence-electron chi connectivity index (χ2n) is 7.39. The fourth-order valence-corrected chi connectivity index (χ4v) is 3.86. The van der Waals surface area contributed by atoms with Crippen molar-refractivity contribution in [3.63, 3.8) is 0 Å². The number of Topliss-reactive ketones (excluding diaryl/α,β-unsaturated/α-hetero) is 1. The Labute approximate surface area is 133 Å². The maximum absolute atomic E-state index is 12.7. The molecule has 0 radical (unpaired) electrons. The van der Waals surface area contributed by atoms with Gasteiger partial charge in [-0.3, -0.25) is 9.69 Å². The minimum atomic E-state index is -0.340. The zero-order valence-corrected chi connectivity index (χ0v) is 13.8. The van der Waals surface area contributed by atoms with Crippen molar-refractivity contribution >= 4 is 5.78 Å². The Hall–Kier alpha value is -1.35. The molecule has 1 aliphatic heterocycles. The molecule has 3 rings (SSSR count). The molecule has 1 aromatic carbocycles. The van der Waals surface area contributed by atoms with E-state index in [-0.39, 0.29) is 17.3 Å². The van der Waals surface area contributed by atoms with Gasteiger partial charge in [0.2, 0.25) is 0 Å². The quantitative estimate of drug-likeness (QED) is 0.853. The normalized spacial score (nSPS) is 26.8. The van der Waals surface area contributed by atoms with Crippen LogP contribution >= 0.6 is 0 Å². The van der Waals surface area contributed by atoms with Gasteiger partial charge in [0.05, 0.1) is 0 Å². The number of nitrogens with zero attached hydrogens (tertiary/aromatic N) is 1. The number of piperidine rings is 1. The minimum Gasteiger partial charge on any atom is -0.481 e. The van der Waals surface area contributed by atoms with Crippen LogP contribution in [0, 0.1) is 5.41 Å². The number of rotatable bonds is 3. The van der Waals surface area contributed by atoms with E-state index >= 15 is 0 Å². The predicted molar refractivity (Wildman–Crippen MR) is 88.1 cm³/mol. The second-order valence-corrected chi connectivity index (χ2v) is 7.39. The number of hydrogen-bond acceptors (Lipinski definition) is 3. The van der Waals surface area contributed by atoms with Crippen molar-refractivity contribution in [2.45, 2.75) is 58.1 Å². The molecule has 1 saturated carbocycles. The summed E-state index contributed by atoms with van der Waals surface area (Å²) >= 11 is 0. The number of benzene rings is 1. The van der Waals surface area contributed by atoms with Crippen LogP contribution < -0.4 is 4.74 Å². The van der Waals surface area contributed by atoms with Crippen LogP contribution in [-0.2, 0) is 4.79 Å². The fraction of sp³-hybridized carbons (Fsp3) is 0.632. The highest BCUT2D eigenvalue weighted by Gasteiger charge is 2.44. The molecular formula is C19H27NO2. The van der Waals surface area contributed by atoms with E-state index in [0.717, 1.165) is 18.8 Å². The SMILES string of the molecule is CC1(C)CN(C2CCCCC2)CC(Oc2ccccc2)C1=O. The van der Waals surface area contributed by atoms with Crippen LogP contribution in [0.1, 0.15) is 46.0 Å². The molecule has 0 N–H and O–H groups in total. The van der Waals surface area contributed by atoms with Crippen LogP contribution in [0.2, 0.25) is 0 Å². The molecule has 1 saturated heterocycles. The summed E-state index contributed by atoms with van der Waals surface area (Å²) in [5.74, 6) is 1.03. The molecule has 2 fully saturated rings. The van der Waals surface area contributed by atoms with Gasteiger partial charge in [-0.1, -0.05) is 51.3 Å². The summed E-state index contributed by atoms with van der Waals surface area (Å²) in [5, 5.41) is 0. The summed E-state index contributed by atoms with van der Waals surface area (Å²) < 4.78 is 6.03.